The quantitative estimate of drug-likeness (QED) is 0.500. The van der Waals surface area contributed by atoms with Crippen molar-refractivity contribution in [3.63, 3.8) is 0 Å². The number of nitrogens with zero attached hydrogens (tertiary/aromatic N) is 2. The van der Waals surface area contributed by atoms with E-state index in [9.17, 15) is 25.0 Å². The van der Waals surface area contributed by atoms with Gasteiger partial charge in [0, 0.05) is 36.2 Å². The van der Waals surface area contributed by atoms with Gasteiger partial charge in [0.1, 0.15) is 5.75 Å². The number of nitriles is 1. The molecular weight excluding hydrogens is 420 g/mol. The normalized spacial score (nSPS) is 15.6. The molecule has 2 N–H and O–H groups in total. The Balaban J connectivity index is 1.77. The summed E-state index contributed by atoms with van der Waals surface area (Å²) < 4.78 is 5.12. The average Bonchev–Trinajstić information content (AvgIpc) is 2.77. The fraction of sp³-hybridized carbons (Fsp3) is 0.190. The van der Waals surface area contributed by atoms with Gasteiger partial charge >= 0.3 is 0 Å². The van der Waals surface area contributed by atoms with E-state index in [-0.39, 0.29) is 40.3 Å². The molecule has 0 saturated carbocycles. The molecule has 1 atom stereocenters. The Labute approximate surface area is 182 Å². The lowest BCUT2D eigenvalue weighted by atomic mass is 9.87. The summed E-state index contributed by atoms with van der Waals surface area (Å²) in [6, 6.07) is 14.8. The van der Waals surface area contributed by atoms with Gasteiger partial charge in [-0.25, -0.2) is 0 Å². The van der Waals surface area contributed by atoms with Crippen LogP contribution in [0.2, 0.25) is 0 Å². The van der Waals surface area contributed by atoms with Gasteiger partial charge in [0.05, 0.1) is 34.5 Å². The predicted octanol–water partition coefficient (Wildman–Crippen LogP) is 3.31. The van der Waals surface area contributed by atoms with Gasteiger partial charge in [0.25, 0.3) is 5.69 Å². The van der Waals surface area contributed by atoms with Gasteiger partial charge in [-0.1, -0.05) is 30.0 Å². The Morgan fingerprint density at radius 1 is 1.35 bits per heavy atom. The standard InChI is InChI=1S/C21H18N4O5S/c1-30-16-7-3-5-14(9-16)23-20(27)12-31-21-18(11-22)17(10-19(26)24-21)13-4-2-6-15(8-13)25(28)29/h2-9,17H,10,12H2,1H3,(H,23,27)(H,24,26). The molecule has 0 radical (unpaired) electrons. The van der Waals surface area contributed by atoms with Crippen LogP contribution in [0.5, 0.6) is 5.75 Å². The molecule has 0 saturated heterocycles. The van der Waals surface area contributed by atoms with Gasteiger partial charge in [-0.15, -0.1) is 0 Å². The number of carbonyl (C=O) groups is 2. The molecule has 158 valence electrons. The van der Waals surface area contributed by atoms with Crippen molar-refractivity contribution in [2.24, 2.45) is 0 Å². The van der Waals surface area contributed by atoms with Gasteiger partial charge in [-0.05, 0) is 17.7 Å². The Morgan fingerprint density at radius 2 is 2.13 bits per heavy atom. The lowest BCUT2D eigenvalue weighted by Gasteiger charge is -2.24. The van der Waals surface area contributed by atoms with Crippen molar-refractivity contribution in [1.29, 1.82) is 5.26 Å². The highest BCUT2D eigenvalue weighted by Crippen LogP contribution is 2.37. The maximum absolute atomic E-state index is 12.3. The number of non-ortho nitro benzene ring substituents is 1. The number of hydrogen-bond donors (Lipinski definition) is 2. The van der Waals surface area contributed by atoms with E-state index < -0.39 is 10.8 Å². The first-order valence-corrected chi connectivity index (χ1v) is 10.1. The van der Waals surface area contributed by atoms with Crippen LogP contribution >= 0.6 is 11.8 Å². The molecule has 1 heterocycles. The van der Waals surface area contributed by atoms with Crippen LogP contribution in [-0.2, 0) is 9.59 Å². The molecule has 1 unspecified atom stereocenters. The molecule has 0 fully saturated rings. The molecular formula is C21H18N4O5S. The van der Waals surface area contributed by atoms with E-state index in [1.165, 1.54) is 25.3 Å². The molecule has 2 aromatic carbocycles. The molecule has 0 spiro atoms. The van der Waals surface area contributed by atoms with Crippen LogP contribution in [0.1, 0.15) is 17.9 Å². The van der Waals surface area contributed by atoms with Crippen LogP contribution in [0.15, 0.2) is 59.1 Å². The third-order valence-corrected chi connectivity index (χ3v) is 5.56. The van der Waals surface area contributed by atoms with Crippen molar-refractivity contribution in [2.45, 2.75) is 12.3 Å². The molecule has 9 nitrogen and oxygen atoms in total. The number of methoxy groups -OCH3 is 1. The van der Waals surface area contributed by atoms with Crippen molar-refractivity contribution in [3.05, 3.63) is 74.8 Å². The number of ether oxygens (including phenoxy) is 1. The topological polar surface area (TPSA) is 134 Å². The number of nitrogens with one attached hydrogen (secondary N) is 2. The highest BCUT2D eigenvalue weighted by Gasteiger charge is 2.30. The third-order valence-electron chi connectivity index (χ3n) is 4.54. The predicted molar refractivity (Wildman–Crippen MR) is 115 cm³/mol. The molecule has 2 amide bonds. The largest absolute Gasteiger partial charge is 0.497 e. The number of thioether (sulfide) groups is 1. The smallest absolute Gasteiger partial charge is 0.269 e. The highest BCUT2D eigenvalue weighted by molar-refractivity contribution is 8.03. The summed E-state index contributed by atoms with van der Waals surface area (Å²) in [5, 5.41) is 26.4. The van der Waals surface area contributed by atoms with Crippen LogP contribution in [0.4, 0.5) is 11.4 Å². The monoisotopic (exact) mass is 438 g/mol. The molecule has 2 aromatic rings. The minimum absolute atomic E-state index is 0.00979. The number of amides is 2. The second kappa shape index (κ2) is 9.77. The Bertz CT molecular complexity index is 1110. The van der Waals surface area contributed by atoms with Crippen molar-refractivity contribution >= 4 is 35.0 Å². The van der Waals surface area contributed by atoms with Crippen LogP contribution < -0.4 is 15.4 Å². The van der Waals surface area contributed by atoms with E-state index >= 15 is 0 Å². The number of nitro groups is 1. The summed E-state index contributed by atoms with van der Waals surface area (Å²) in [5.74, 6) is -0.720. The van der Waals surface area contributed by atoms with E-state index in [0.29, 0.717) is 17.0 Å². The summed E-state index contributed by atoms with van der Waals surface area (Å²) in [4.78, 5) is 35.1. The van der Waals surface area contributed by atoms with Crippen molar-refractivity contribution in [2.75, 3.05) is 18.2 Å². The van der Waals surface area contributed by atoms with Crippen LogP contribution in [0.3, 0.4) is 0 Å². The first-order chi connectivity index (χ1) is 14.9. The van der Waals surface area contributed by atoms with Gasteiger partial charge in [-0.2, -0.15) is 5.26 Å². The first kappa shape index (κ1) is 21.9. The first-order valence-electron chi connectivity index (χ1n) is 9.16. The Morgan fingerprint density at radius 3 is 2.84 bits per heavy atom. The second-order valence-corrected chi connectivity index (χ2v) is 7.57. The molecule has 1 aliphatic heterocycles. The average molecular weight is 438 g/mol. The van der Waals surface area contributed by atoms with Crippen LogP contribution in [-0.4, -0.2) is 29.6 Å². The van der Waals surface area contributed by atoms with Gasteiger partial charge in [-0.3, -0.25) is 19.7 Å². The number of nitro benzene ring substituents is 1. The zero-order valence-corrected chi connectivity index (χ0v) is 17.3. The summed E-state index contributed by atoms with van der Waals surface area (Å²) in [6.07, 6.45) is -0.00979. The summed E-state index contributed by atoms with van der Waals surface area (Å²) in [5.41, 5.74) is 1.20. The van der Waals surface area contributed by atoms with Gasteiger partial charge in [0.2, 0.25) is 11.8 Å². The van der Waals surface area contributed by atoms with E-state index in [4.69, 9.17) is 4.74 Å². The molecule has 0 aromatic heterocycles. The maximum Gasteiger partial charge on any atom is 0.269 e. The molecule has 0 bridgehead atoms. The van der Waals surface area contributed by atoms with E-state index in [2.05, 4.69) is 16.7 Å². The fourth-order valence-corrected chi connectivity index (χ4v) is 3.99. The molecule has 0 aliphatic carbocycles. The van der Waals surface area contributed by atoms with Gasteiger partial charge in [0.15, 0.2) is 0 Å². The minimum atomic E-state index is -0.623. The number of hydrogen-bond acceptors (Lipinski definition) is 7. The SMILES string of the molecule is COc1cccc(NC(=O)CSC2=C(C#N)C(c3cccc([N+](=O)[O-])c3)CC(=O)N2)c1. The fourth-order valence-electron chi connectivity index (χ4n) is 3.11. The van der Waals surface area contributed by atoms with E-state index in [1.54, 1.807) is 30.3 Å². The van der Waals surface area contributed by atoms with Crippen LogP contribution in [0.25, 0.3) is 0 Å². The highest BCUT2D eigenvalue weighted by atomic mass is 32.2. The minimum Gasteiger partial charge on any atom is -0.497 e. The molecule has 1 aliphatic rings. The lowest BCUT2D eigenvalue weighted by Crippen LogP contribution is -2.31. The summed E-state index contributed by atoms with van der Waals surface area (Å²) in [7, 11) is 1.52. The Kier molecular flexibility index (Phi) is 6.89. The summed E-state index contributed by atoms with van der Waals surface area (Å²) in [6.45, 7) is 0. The second-order valence-electron chi connectivity index (χ2n) is 6.58. The number of anilines is 1. The number of rotatable bonds is 7. The Hall–Kier alpha value is -3.84. The van der Waals surface area contributed by atoms with E-state index in [0.717, 1.165) is 11.8 Å². The molecule has 10 heteroatoms. The van der Waals surface area contributed by atoms with Crippen LogP contribution in [0, 0.1) is 21.4 Å². The van der Waals surface area contributed by atoms with Crippen molar-refractivity contribution in [1.82, 2.24) is 5.32 Å². The van der Waals surface area contributed by atoms with Crippen molar-refractivity contribution in [3.8, 4) is 11.8 Å². The number of allylic oxidation sites excluding steroid dienone is 1. The molecule has 31 heavy (non-hydrogen) atoms. The van der Waals surface area contributed by atoms with Gasteiger partial charge < -0.3 is 15.4 Å². The molecule has 3 rings (SSSR count). The zero-order chi connectivity index (χ0) is 22.4. The zero-order valence-electron chi connectivity index (χ0n) is 16.5. The third kappa shape index (κ3) is 5.40. The number of benzene rings is 2. The summed E-state index contributed by atoms with van der Waals surface area (Å²) >= 11 is 1.03. The van der Waals surface area contributed by atoms with E-state index in [1.807, 2.05) is 0 Å². The lowest BCUT2D eigenvalue weighted by molar-refractivity contribution is -0.384. The maximum atomic E-state index is 12.3. The number of carbonyl (C=O) groups excluding carboxylic acids is 2. The van der Waals surface area contributed by atoms with Crippen molar-refractivity contribution < 1.29 is 19.2 Å².